The summed E-state index contributed by atoms with van der Waals surface area (Å²) < 4.78 is 39.9. The molecule has 1 fully saturated rings. The number of nitro benzene ring substituents is 1. The first-order valence-corrected chi connectivity index (χ1v) is 10.4. The quantitative estimate of drug-likeness (QED) is 0.589. The Balaban J connectivity index is 1.75. The molecular formula is C19H20FN3O5S. The molecule has 8 nitrogen and oxygen atoms in total. The Hall–Kier alpha value is -2.85. The van der Waals surface area contributed by atoms with E-state index in [0.717, 1.165) is 12.1 Å². The van der Waals surface area contributed by atoms with Crippen LogP contribution in [0.3, 0.4) is 0 Å². The first-order chi connectivity index (χ1) is 13.7. The molecule has 1 N–H and O–H groups in total. The molecule has 0 spiro atoms. The monoisotopic (exact) mass is 421 g/mol. The number of rotatable bonds is 5. The van der Waals surface area contributed by atoms with E-state index in [-0.39, 0.29) is 23.7 Å². The van der Waals surface area contributed by atoms with Gasteiger partial charge in [0, 0.05) is 19.2 Å². The van der Waals surface area contributed by atoms with Crippen molar-refractivity contribution in [1.29, 1.82) is 0 Å². The number of nitro groups is 1. The number of hydrogen-bond donors (Lipinski definition) is 1. The minimum Gasteiger partial charge on any atom is -0.325 e. The van der Waals surface area contributed by atoms with Crippen molar-refractivity contribution in [2.75, 3.05) is 18.4 Å². The predicted molar refractivity (Wildman–Crippen MR) is 104 cm³/mol. The van der Waals surface area contributed by atoms with Crippen LogP contribution < -0.4 is 5.32 Å². The van der Waals surface area contributed by atoms with Crippen LogP contribution in [-0.4, -0.2) is 36.6 Å². The highest BCUT2D eigenvalue weighted by molar-refractivity contribution is 7.89. The molecule has 1 heterocycles. The van der Waals surface area contributed by atoms with Crippen molar-refractivity contribution in [3.05, 3.63) is 64.0 Å². The summed E-state index contributed by atoms with van der Waals surface area (Å²) >= 11 is 0. The second kappa shape index (κ2) is 8.26. The Kier molecular flexibility index (Phi) is 5.94. The standard InChI is InChI=1S/C19H20FN3O5S/c1-13-17(5-2-6-18(13)23(25)26)21-19(24)14-4-3-11-22(12-14)29(27,28)16-9-7-15(20)8-10-16/h2,5-10,14H,3-4,11-12H2,1H3,(H,21,24). The molecule has 0 bridgehead atoms. The molecule has 10 heteroatoms. The van der Waals surface area contributed by atoms with E-state index in [9.17, 15) is 27.7 Å². The third kappa shape index (κ3) is 4.43. The average Bonchev–Trinajstić information content (AvgIpc) is 2.69. The molecule has 1 unspecified atom stereocenters. The SMILES string of the molecule is Cc1c(NC(=O)C2CCCN(S(=O)(=O)c3ccc(F)cc3)C2)cccc1[N+](=O)[O-]. The van der Waals surface area contributed by atoms with Crippen LogP contribution in [-0.2, 0) is 14.8 Å². The fraction of sp³-hybridized carbons (Fsp3) is 0.316. The Morgan fingerprint density at radius 3 is 2.59 bits per heavy atom. The largest absolute Gasteiger partial charge is 0.325 e. The van der Waals surface area contributed by atoms with Crippen molar-refractivity contribution in [3.63, 3.8) is 0 Å². The summed E-state index contributed by atoms with van der Waals surface area (Å²) in [5.74, 6) is -1.53. The lowest BCUT2D eigenvalue weighted by Crippen LogP contribution is -2.43. The van der Waals surface area contributed by atoms with Gasteiger partial charge in [0.05, 0.1) is 27.0 Å². The fourth-order valence-electron chi connectivity index (χ4n) is 3.32. The highest BCUT2D eigenvalue weighted by Crippen LogP contribution is 2.28. The summed E-state index contributed by atoms with van der Waals surface area (Å²) in [6.07, 6.45) is 0.988. The zero-order valence-corrected chi connectivity index (χ0v) is 16.5. The Morgan fingerprint density at radius 1 is 1.24 bits per heavy atom. The van der Waals surface area contributed by atoms with E-state index in [1.165, 1.54) is 28.6 Å². The second-order valence-corrected chi connectivity index (χ2v) is 8.79. The molecule has 1 atom stereocenters. The summed E-state index contributed by atoms with van der Waals surface area (Å²) in [6, 6.07) is 8.94. The number of piperidine rings is 1. The minimum atomic E-state index is -3.85. The normalized spacial score (nSPS) is 17.7. The average molecular weight is 421 g/mol. The van der Waals surface area contributed by atoms with E-state index >= 15 is 0 Å². The van der Waals surface area contributed by atoms with Gasteiger partial charge in [-0.15, -0.1) is 0 Å². The van der Waals surface area contributed by atoms with Crippen LogP contribution in [0.2, 0.25) is 0 Å². The van der Waals surface area contributed by atoms with E-state index in [1.807, 2.05) is 0 Å². The van der Waals surface area contributed by atoms with Crippen molar-refractivity contribution in [3.8, 4) is 0 Å². The molecule has 1 amide bonds. The van der Waals surface area contributed by atoms with Gasteiger partial charge >= 0.3 is 0 Å². The molecule has 0 aliphatic carbocycles. The van der Waals surface area contributed by atoms with E-state index in [2.05, 4.69) is 5.32 Å². The molecule has 154 valence electrons. The second-order valence-electron chi connectivity index (χ2n) is 6.85. The summed E-state index contributed by atoms with van der Waals surface area (Å²) in [7, 11) is -3.85. The van der Waals surface area contributed by atoms with Crippen LogP contribution in [0.25, 0.3) is 0 Å². The van der Waals surface area contributed by atoms with Gasteiger partial charge in [0.2, 0.25) is 15.9 Å². The number of sulfonamides is 1. The van der Waals surface area contributed by atoms with Crippen molar-refractivity contribution in [2.45, 2.75) is 24.7 Å². The van der Waals surface area contributed by atoms with Crippen LogP contribution in [0.1, 0.15) is 18.4 Å². The predicted octanol–water partition coefficient (Wildman–Crippen LogP) is 3.08. The first-order valence-electron chi connectivity index (χ1n) is 9.00. The summed E-state index contributed by atoms with van der Waals surface area (Å²) in [6.45, 7) is 1.79. The van der Waals surface area contributed by atoms with Crippen LogP contribution in [0.4, 0.5) is 15.8 Å². The highest BCUT2D eigenvalue weighted by atomic mass is 32.2. The lowest BCUT2D eigenvalue weighted by Gasteiger charge is -2.31. The Morgan fingerprint density at radius 2 is 1.93 bits per heavy atom. The van der Waals surface area contributed by atoms with E-state index < -0.39 is 32.6 Å². The van der Waals surface area contributed by atoms with Crippen molar-refractivity contribution < 1.29 is 22.5 Å². The molecule has 0 aromatic heterocycles. The number of anilines is 1. The molecule has 1 saturated heterocycles. The molecule has 0 radical (unpaired) electrons. The number of carbonyl (C=O) groups excluding carboxylic acids is 1. The van der Waals surface area contributed by atoms with Crippen molar-refractivity contribution >= 4 is 27.3 Å². The van der Waals surface area contributed by atoms with Gasteiger partial charge in [0.25, 0.3) is 5.69 Å². The lowest BCUT2D eigenvalue weighted by molar-refractivity contribution is -0.385. The highest BCUT2D eigenvalue weighted by Gasteiger charge is 2.33. The zero-order valence-electron chi connectivity index (χ0n) is 15.7. The molecule has 2 aromatic rings. The number of benzene rings is 2. The van der Waals surface area contributed by atoms with Gasteiger partial charge in [-0.25, -0.2) is 12.8 Å². The third-order valence-electron chi connectivity index (χ3n) is 4.97. The van der Waals surface area contributed by atoms with Gasteiger partial charge in [-0.2, -0.15) is 4.31 Å². The Bertz CT molecular complexity index is 1040. The zero-order chi connectivity index (χ0) is 21.2. The van der Waals surface area contributed by atoms with Crippen molar-refractivity contribution in [1.82, 2.24) is 4.31 Å². The minimum absolute atomic E-state index is 0.0144. The van der Waals surface area contributed by atoms with Gasteiger partial charge in [0.1, 0.15) is 5.82 Å². The molecule has 2 aromatic carbocycles. The first kappa shape index (κ1) is 20.9. The van der Waals surface area contributed by atoms with Gasteiger partial charge in [-0.1, -0.05) is 6.07 Å². The van der Waals surface area contributed by atoms with E-state index in [0.29, 0.717) is 24.1 Å². The lowest BCUT2D eigenvalue weighted by atomic mass is 9.98. The molecule has 0 saturated carbocycles. The number of hydrogen-bond acceptors (Lipinski definition) is 5. The number of nitrogens with zero attached hydrogens (tertiary/aromatic N) is 2. The fourth-order valence-corrected chi connectivity index (χ4v) is 4.85. The van der Waals surface area contributed by atoms with Gasteiger partial charge < -0.3 is 5.32 Å². The van der Waals surface area contributed by atoms with E-state index in [1.54, 1.807) is 13.0 Å². The molecular weight excluding hydrogens is 401 g/mol. The molecule has 1 aliphatic rings. The maximum absolute atomic E-state index is 13.1. The smallest absolute Gasteiger partial charge is 0.274 e. The van der Waals surface area contributed by atoms with Crippen LogP contribution in [0.5, 0.6) is 0 Å². The van der Waals surface area contributed by atoms with Gasteiger partial charge in [-0.05, 0) is 50.1 Å². The maximum Gasteiger partial charge on any atom is 0.274 e. The summed E-state index contributed by atoms with van der Waals surface area (Å²) in [5.41, 5.74) is 0.548. The van der Waals surface area contributed by atoms with Gasteiger partial charge in [0.15, 0.2) is 0 Å². The van der Waals surface area contributed by atoms with Crippen LogP contribution in [0.15, 0.2) is 47.4 Å². The molecule has 3 rings (SSSR count). The van der Waals surface area contributed by atoms with Crippen LogP contribution in [0, 0.1) is 28.8 Å². The van der Waals surface area contributed by atoms with E-state index in [4.69, 9.17) is 0 Å². The molecule has 1 aliphatic heterocycles. The number of amides is 1. The third-order valence-corrected chi connectivity index (χ3v) is 6.85. The van der Waals surface area contributed by atoms with Crippen LogP contribution >= 0.6 is 0 Å². The van der Waals surface area contributed by atoms with Crippen molar-refractivity contribution in [2.24, 2.45) is 5.92 Å². The number of carbonyl (C=O) groups is 1. The number of nitrogens with one attached hydrogen (secondary N) is 1. The number of halogens is 1. The maximum atomic E-state index is 13.1. The van der Waals surface area contributed by atoms with Gasteiger partial charge in [-0.3, -0.25) is 14.9 Å². The topological polar surface area (TPSA) is 110 Å². The Labute approximate surface area is 167 Å². The molecule has 29 heavy (non-hydrogen) atoms. The summed E-state index contributed by atoms with van der Waals surface area (Å²) in [4.78, 5) is 23.2. The summed E-state index contributed by atoms with van der Waals surface area (Å²) in [5, 5.41) is 13.7.